The average Bonchev–Trinajstić information content (AvgIpc) is 3.06. The minimum Gasteiger partial charge on any atom is -0.480 e. The minimum atomic E-state index is -0.898. The lowest BCUT2D eigenvalue weighted by Gasteiger charge is -2.37. The summed E-state index contributed by atoms with van der Waals surface area (Å²) in [6, 6.07) is 7.41. The molecule has 1 heterocycles. The summed E-state index contributed by atoms with van der Waals surface area (Å²) in [6.45, 7) is 13.9. The van der Waals surface area contributed by atoms with E-state index in [1.807, 2.05) is 23.9 Å². The topological polar surface area (TPSA) is 63.3 Å². The van der Waals surface area contributed by atoms with Crippen molar-refractivity contribution in [2.45, 2.75) is 57.6 Å². The van der Waals surface area contributed by atoms with Gasteiger partial charge in [0.15, 0.2) is 0 Å². The van der Waals surface area contributed by atoms with E-state index < -0.39 is 12.0 Å². The quantitative estimate of drug-likeness (QED) is 0.655. The Morgan fingerprint density at radius 1 is 1.11 bits per heavy atom. The molecule has 8 unspecified atom stereocenters. The second kappa shape index (κ2) is 7.85. The third-order valence-electron chi connectivity index (χ3n) is 7.50. The fourth-order valence-corrected chi connectivity index (χ4v) is 8.96. The zero-order valence-corrected chi connectivity index (χ0v) is 19.3. The molecule has 2 aliphatic rings. The number of hydrogen-bond donors (Lipinski definition) is 2. The monoisotopic (exact) mass is 423 g/mol. The van der Waals surface area contributed by atoms with E-state index in [2.05, 4.69) is 53.7 Å². The van der Waals surface area contributed by atoms with Crippen molar-refractivity contribution < 1.29 is 9.90 Å². The Labute approximate surface area is 178 Å². The maximum absolute atomic E-state index is 11.8. The molecule has 1 aromatic carbocycles. The standard InChI is InChI=1S/C23H34ClNO2S/c1-11(2)17-14(6)23(15-7-9-16(24)10-8-15)19(18(17)12(3)4)13(5)21(28-23)20(25)22(26)27/h7-14,17-21H,25H2,1-6H3,(H,26,27). The van der Waals surface area contributed by atoms with Gasteiger partial charge in [0, 0.05) is 15.0 Å². The summed E-state index contributed by atoms with van der Waals surface area (Å²) in [5.74, 6) is 2.43. The molecule has 0 radical (unpaired) electrons. The van der Waals surface area contributed by atoms with E-state index in [4.69, 9.17) is 17.3 Å². The first-order chi connectivity index (χ1) is 13.0. The summed E-state index contributed by atoms with van der Waals surface area (Å²) < 4.78 is -0.119. The molecule has 0 bridgehead atoms. The third kappa shape index (κ3) is 3.20. The van der Waals surface area contributed by atoms with Crippen molar-refractivity contribution >= 4 is 29.3 Å². The van der Waals surface area contributed by atoms with Crippen molar-refractivity contribution in [2.24, 2.45) is 47.2 Å². The number of carbonyl (C=O) groups is 1. The zero-order chi connectivity index (χ0) is 21.0. The lowest BCUT2D eigenvalue weighted by molar-refractivity contribution is -0.138. The molecule has 1 aliphatic heterocycles. The van der Waals surface area contributed by atoms with Gasteiger partial charge in [-0.25, -0.2) is 0 Å². The molecule has 28 heavy (non-hydrogen) atoms. The van der Waals surface area contributed by atoms with Crippen LogP contribution in [0.1, 0.15) is 47.1 Å². The molecule has 0 amide bonds. The number of carboxylic acid groups (broad SMARTS) is 1. The predicted molar refractivity (Wildman–Crippen MR) is 119 cm³/mol. The molecule has 156 valence electrons. The molecular formula is C23H34ClNO2S. The maximum Gasteiger partial charge on any atom is 0.321 e. The van der Waals surface area contributed by atoms with Gasteiger partial charge in [-0.1, -0.05) is 65.3 Å². The largest absolute Gasteiger partial charge is 0.480 e. The van der Waals surface area contributed by atoms with Crippen LogP contribution in [0.3, 0.4) is 0 Å². The van der Waals surface area contributed by atoms with Crippen LogP contribution >= 0.6 is 23.4 Å². The highest BCUT2D eigenvalue weighted by atomic mass is 35.5. The number of hydrogen-bond acceptors (Lipinski definition) is 3. The number of carboxylic acids is 1. The summed E-state index contributed by atoms with van der Waals surface area (Å²) in [5.41, 5.74) is 7.47. The smallest absolute Gasteiger partial charge is 0.321 e. The van der Waals surface area contributed by atoms with Crippen LogP contribution in [0.2, 0.25) is 5.02 Å². The molecule has 2 fully saturated rings. The highest BCUT2D eigenvalue weighted by Crippen LogP contribution is 2.72. The summed E-state index contributed by atoms with van der Waals surface area (Å²) in [4.78, 5) is 11.8. The summed E-state index contributed by atoms with van der Waals surface area (Å²) in [7, 11) is 0. The molecule has 0 spiro atoms. The predicted octanol–water partition coefficient (Wildman–Crippen LogP) is 5.51. The molecule has 1 aliphatic carbocycles. The normalized spacial score (nSPS) is 38.8. The number of aliphatic carboxylic acids is 1. The fourth-order valence-electron chi connectivity index (χ4n) is 6.57. The first kappa shape index (κ1) is 22.0. The molecule has 1 saturated heterocycles. The zero-order valence-electron chi connectivity index (χ0n) is 17.7. The third-order valence-corrected chi connectivity index (χ3v) is 10.0. The van der Waals surface area contributed by atoms with Crippen LogP contribution in [-0.2, 0) is 9.54 Å². The van der Waals surface area contributed by atoms with Crippen LogP contribution in [0.15, 0.2) is 24.3 Å². The Bertz CT molecular complexity index is 722. The highest BCUT2D eigenvalue weighted by Gasteiger charge is 2.67. The summed E-state index contributed by atoms with van der Waals surface area (Å²) in [6.07, 6.45) is 0. The molecule has 5 heteroatoms. The Morgan fingerprint density at radius 2 is 1.64 bits per heavy atom. The first-order valence-corrected chi connectivity index (χ1v) is 11.7. The Morgan fingerprint density at radius 3 is 2.11 bits per heavy atom. The van der Waals surface area contributed by atoms with Crippen molar-refractivity contribution in [3.8, 4) is 0 Å². The molecule has 1 saturated carbocycles. The minimum absolute atomic E-state index is 0.0880. The second-order valence-electron chi connectivity index (χ2n) is 9.56. The van der Waals surface area contributed by atoms with Crippen molar-refractivity contribution in [2.75, 3.05) is 0 Å². The molecule has 3 N–H and O–H groups in total. The van der Waals surface area contributed by atoms with Gasteiger partial charge in [-0.15, -0.1) is 11.8 Å². The SMILES string of the molecule is CC(C)C1C(C(C)C)C2C(C)C(C(N)C(=O)O)SC2(c2ccc(Cl)cc2)C1C. The molecule has 0 aromatic heterocycles. The first-order valence-electron chi connectivity index (χ1n) is 10.5. The van der Waals surface area contributed by atoms with Gasteiger partial charge in [0.2, 0.25) is 0 Å². The van der Waals surface area contributed by atoms with Gasteiger partial charge in [-0.05, 0) is 59.1 Å². The van der Waals surface area contributed by atoms with Crippen molar-refractivity contribution in [1.29, 1.82) is 0 Å². The lowest BCUT2D eigenvalue weighted by atomic mass is 9.69. The van der Waals surface area contributed by atoms with E-state index in [0.29, 0.717) is 35.5 Å². The van der Waals surface area contributed by atoms with Crippen LogP contribution in [0, 0.1) is 41.4 Å². The van der Waals surface area contributed by atoms with Gasteiger partial charge in [-0.2, -0.15) is 0 Å². The van der Waals surface area contributed by atoms with E-state index in [1.54, 1.807) is 0 Å². The molecule has 3 rings (SSSR count). The van der Waals surface area contributed by atoms with E-state index in [0.717, 1.165) is 5.02 Å². The van der Waals surface area contributed by atoms with E-state index in [1.165, 1.54) is 5.56 Å². The number of fused-ring (bicyclic) bond motifs is 1. The van der Waals surface area contributed by atoms with Gasteiger partial charge in [0.25, 0.3) is 0 Å². The molecular weight excluding hydrogens is 390 g/mol. The van der Waals surface area contributed by atoms with Crippen molar-refractivity contribution in [3.05, 3.63) is 34.9 Å². The summed E-state index contributed by atoms with van der Waals surface area (Å²) >= 11 is 8.03. The Kier molecular flexibility index (Phi) is 6.16. The fraction of sp³-hybridized carbons (Fsp3) is 0.696. The molecule has 1 aromatic rings. The van der Waals surface area contributed by atoms with Crippen LogP contribution in [0.25, 0.3) is 0 Å². The van der Waals surface area contributed by atoms with Crippen molar-refractivity contribution in [3.63, 3.8) is 0 Å². The van der Waals surface area contributed by atoms with Crippen LogP contribution < -0.4 is 5.73 Å². The maximum atomic E-state index is 11.8. The van der Waals surface area contributed by atoms with Crippen molar-refractivity contribution in [1.82, 2.24) is 0 Å². The van der Waals surface area contributed by atoms with Gasteiger partial charge in [0.05, 0.1) is 0 Å². The number of halogens is 1. The Hall–Kier alpha value is -0.710. The summed E-state index contributed by atoms with van der Waals surface area (Å²) in [5, 5.41) is 10.3. The molecule has 3 nitrogen and oxygen atoms in total. The number of benzene rings is 1. The highest BCUT2D eigenvalue weighted by molar-refractivity contribution is 8.01. The van der Waals surface area contributed by atoms with E-state index in [9.17, 15) is 9.90 Å². The van der Waals surface area contributed by atoms with E-state index in [-0.39, 0.29) is 15.9 Å². The van der Waals surface area contributed by atoms with Gasteiger partial charge >= 0.3 is 5.97 Å². The Balaban J connectivity index is 2.19. The van der Waals surface area contributed by atoms with Crippen LogP contribution in [0.5, 0.6) is 0 Å². The van der Waals surface area contributed by atoms with Gasteiger partial charge in [-0.3, -0.25) is 4.79 Å². The van der Waals surface area contributed by atoms with Gasteiger partial charge < -0.3 is 10.8 Å². The number of rotatable bonds is 5. The second-order valence-corrected chi connectivity index (χ2v) is 11.5. The van der Waals surface area contributed by atoms with Crippen LogP contribution in [-0.4, -0.2) is 22.4 Å². The number of thioether (sulfide) groups is 1. The number of nitrogens with two attached hydrogens (primary N) is 1. The average molecular weight is 424 g/mol. The lowest BCUT2D eigenvalue weighted by Crippen LogP contribution is -2.43. The van der Waals surface area contributed by atoms with E-state index >= 15 is 0 Å². The van der Waals surface area contributed by atoms with Gasteiger partial charge in [0.1, 0.15) is 6.04 Å². The van der Waals surface area contributed by atoms with Crippen LogP contribution in [0.4, 0.5) is 0 Å². The molecule has 8 atom stereocenters.